The van der Waals surface area contributed by atoms with Crippen molar-refractivity contribution in [3.8, 4) is 11.8 Å². The predicted octanol–water partition coefficient (Wildman–Crippen LogP) is 8.52. The maximum absolute atomic E-state index is 14.4. The number of nitriles is 1. The Morgan fingerprint density at radius 3 is 2.19 bits per heavy atom. The number of rotatable bonds is 17. The number of ether oxygens (including phenoxy) is 2. The summed E-state index contributed by atoms with van der Waals surface area (Å²) in [5.74, 6) is -1.45. The molecule has 2 amide bonds. The van der Waals surface area contributed by atoms with Crippen LogP contribution < -0.4 is 4.74 Å². The van der Waals surface area contributed by atoms with Gasteiger partial charge in [-0.2, -0.15) is 5.26 Å². The Bertz CT molecular complexity index is 1560. The van der Waals surface area contributed by atoms with Crippen LogP contribution in [-0.4, -0.2) is 52.5 Å². The number of allylic oxidation sites excluding steroid dienone is 4. The Labute approximate surface area is 285 Å². The second-order valence-corrected chi connectivity index (χ2v) is 12.1. The molecule has 3 aromatic rings. The number of aliphatic hydroxyl groups is 1. The molecule has 48 heavy (non-hydrogen) atoms. The second kappa shape index (κ2) is 18.6. The third-order valence-corrected chi connectivity index (χ3v) is 8.25. The molecule has 7 nitrogen and oxygen atoms in total. The molecule has 0 radical (unpaired) electrons. The monoisotopic (exact) mass is 653 g/mol. The molecular formula is C40H48FN3O4. The lowest BCUT2D eigenvalue weighted by molar-refractivity contribution is -0.225. The molecule has 1 N–H and O–H groups in total. The SMILES string of the molecule is C=C(F)/C(C#N)=C\C/C(=C\C)CN(C)C(=O)N(Cc1ccc(OCc2ccccc2)cc1)C(Cc1ccccc1)C(C)OC(C)(O)CC. The summed E-state index contributed by atoms with van der Waals surface area (Å²) in [6.07, 6.45) is 3.96. The summed E-state index contributed by atoms with van der Waals surface area (Å²) in [4.78, 5) is 17.8. The number of urea groups is 1. The topological polar surface area (TPSA) is 86.0 Å². The van der Waals surface area contributed by atoms with Crippen molar-refractivity contribution in [3.63, 3.8) is 0 Å². The highest BCUT2D eigenvalue weighted by Crippen LogP contribution is 2.25. The smallest absolute Gasteiger partial charge is 0.320 e. The quantitative estimate of drug-likeness (QED) is 0.0683. The van der Waals surface area contributed by atoms with Crippen LogP contribution in [0.3, 0.4) is 0 Å². The summed E-state index contributed by atoms with van der Waals surface area (Å²) >= 11 is 0. The van der Waals surface area contributed by atoms with Crippen LogP contribution in [-0.2, 0) is 24.3 Å². The van der Waals surface area contributed by atoms with Gasteiger partial charge in [-0.3, -0.25) is 0 Å². The van der Waals surface area contributed by atoms with Gasteiger partial charge in [0.05, 0.1) is 17.7 Å². The largest absolute Gasteiger partial charge is 0.489 e. The van der Waals surface area contributed by atoms with Gasteiger partial charge in [-0.1, -0.05) is 104 Å². The molecule has 8 heteroatoms. The molecule has 0 aromatic heterocycles. The zero-order chi connectivity index (χ0) is 35.1. The van der Waals surface area contributed by atoms with Crippen LogP contribution in [0.4, 0.5) is 9.18 Å². The molecule has 0 aliphatic rings. The molecule has 0 saturated carbocycles. The second-order valence-electron chi connectivity index (χ2n) is 12.1. The van der Waals surface area contributed by atoms with E-state index in [-0.39, 0.29) is 31.1 Å². The molecule has 254 valence electrons. The van der Waals surface area contributed by atoms with Crippen molar-refractivity contribution in [1.29, 1.82) is 5.26 Å². The van der Waals surface area contributed by atoms with Crippen LogP contribution in [0.2, 0.25) is 0 Å². The summed E-state index contributed by atoms with van der Waals surface area (Å²) in [5, 5.41) is 20.1. The van der Waals surface area contributed by atoms with Crippen molar-refractivity contribution >= 4 is 6.03 Å². The van der Waals surface area contributed by atoms with Gasteiger partial charge in [-0.15, -0.1) is 0 Å². The van der Waals surface area contributed by atoms with Gasteiger partial charge in [0.2, 0.25) is 0 Å². The van der Waals surface area contributed by atoms with E-state index in [9.17, 15) is 19.6 Å². The van der Waals surface area contributed by atoms with Gasteiger partial charge in [0.25, 0.3) is 0 Å². The average Bonchev–Trinajstić information content (AvgIpc) is 3.09. The molecule has 0 heterocycles. The molecule has 0 bridgehead atoms. The number of carbonyl (C=O) groups excluding carboxylic acids is 1. The summed E-state index contributed by atoms with van der Waals surface area (Å²) in [6, 6.07) is 28.6. The average molecular weight is 654 g/mol. The van der Waals surface area contributed by atoms with Crippen molar-refractivity contribution in [1.82, 2.24) is 9.80 Å². The summed E-state index contributed by atoms with van der Waals surface area (Å²) in [7, 11) is 1.72. The number of halogens is 1. The van der Waals surface area contributed by atoms with Crippen LogP contribution in [0, 0.1) is 11.3 Å². The molecule has 0 aliphatic heterocycles. The Morgan fingerprint density at radius 2 is 1.65 bits per heavy atom. The van der Waals surface area contributed by atoms with Gasteiger partial charge in [0.15, 0.2) is 5.79 Å². The fourth-order valence-corrected chi connectivity index (χ4v) is 5.22. The van der Waals surface area contributed by atoms with Crippen LogP contribution in [0.5, 0.6) is 5.75 Å². The highest BCUT2D eigenvalue weighted by molar-refractivity contribution is 5.75. The van der Waals surface area contributed by atoms with E-state index in [0.29, 0.717) is 25.2 Å². The van der Waals surface area contributed by atoms with Gasteiger partial charge in [-0.05, 0) is 68.9 Å². The molecule has 3 aromatic carbocycles. The van der Waals surface area contributed by atoms with E-state index in [1.165, 1.54) is 6.08 Å². The Hall–Kier alpha value is -4.71. The third-order valence-electron chi connectivity index (χ3n) is 8.25. The highest BCUT2D eigenvalue weighted by Gasteiger charge is 2.35. The minimum absolute atomic E-state index is 0.127. The highest BCUT2D eigenvalue weighted by atomic mass is 19.1. The van der Waals surface area contributed by atoms with Crippen LogP contribution in [0.15, 0.2) is 121 Å². The lowest BCUT2D eigenvalue weighted by atomic mass is 9.99. The normalized spacial score (nSPS) is 14.3. The molecule has 0 aliphatic carbocycles. The van der Waals surface area contributed by atoms with Gasteiger partial charge < -0.3 is 24.4 Å². The van der Waals surface area contributed by atoms with Crippen LogP contribution in [0.1, 0.15) is 57.2 Å². The first-order chi connectivity index (χ1) is 23.0. The molecule has 3 unspecified atom stereocenters. The van der Waals surface area contributed by atoms with E-state index in [0.717, 1.165) is 22.3 Å². The Balaban J connectivity index is 1.94. The number of benzene rings is 3. The summed E-state index contributed by atoms with van der Waals surface area (Å²) in [6.45, 7) is 11.4. The Morgan fingerprint density at radius 1 is 1.04 bits per heavy atom. The van der Waals surface area contributed by atoms with Gasteiger partial charge >= 0.3 is 6.03 Å². The summed E-state index contributed by atoms with van der Waals surface area (Å²) in [5.41, 5.74) is 3.69. The van der Waals surface area contributed by atoms with E-state index in [2.05, 4.69) is 6.58 Å². The van der Waals surface area contributed by atoms with Gasteiger partial charge in [-0.25, -0.2) is 9.18 Å². The van der Waals surface area contributed by atoms with Gasteiger partial charge in [0.1, 0.15) is 24.3 Å². The van der Waals surface area contributed by atoms with E-state index in [4.69, 9.17) is 9.47 Å². The molecule has 0 spiro atoms. The van der Waals surface area contributed by atoms with E-state index >= 15 is 0 Å². The molecular weight excluding hydrogens is 605 g/mol. The fraction of sp³-hybridized carbons (Fsp3) is 0.350. The zero-order valence-corrected chi connectivity index (χ0v) is 28.7. The first-order valence-corrected chi connectivity index (χ1v) is 16.3. The Kier molecular flexibility index (Phi) is 14.6. The fourth-order valence-electron chi connectivity index (χ4n) is 5.22. The standard InChI is InChI=1S/C40H48FN3O4/c1-7-32(19-22-36(26-42)30(3)41)27-43(6)39(45)44(28-34-20-23-37(24-21-34)47-29-35-17-13-10-14-18-35)38(25-33-15-11-9-12-16-33)31(4)48-40(5,46)8-2/h7,9-18,20-24,31,38,46H,3,8,19,25,27-29H2,1-2,4-6H3/b32-7+,36-22-. The molecule has 0 fully saturated rings. The number of hydrogen-bond acceptors (Lipinski definition) is 5. The van der Waals surface area contributed by atoms with E-state index in [1.807, 2.05) is 118 Å². The lowest BCUT2D eigenvalue weighted by Crippen LogP contribution is -2.53. The maximum atomic E-state index is 14.4. The molecule has 0 saturated heterocycles. The minimum Gasteiger partial charge on any atom is -0.489 e. The number of likely N-dealkylation sites (N-methyl/N-ethyl adjacent to an activating group) is 1. The number of hydrogen-bond donors (Lipinski definition) is 1. The van der Waals surface area contributed by atoms with Crippen LogP contribution >= 0.6 is 0 Å². The van der Waals surface area contributed by atoms with Crippen molar-refractivity contribution in [2.45, 2.75) is 78.0 Å². The number of amides is 2. The van der Waals surface area contributed by atoms with Crippen LogP contribution in [0.25, 0.3) is 0 Å². The zero-order valence-electron chi connectivity index (χ0n) is 28.7. The number of nitrogens with zero attached hydrogens (tertiary/aromatic N) is 3. The van der Waals surface area contributed by atoms with Crippen molar-refractivity contribution in [3.05, 3.63) is 137 Å². The molecule has 3 rings (SSSR count). The summed E-state index contributed by atoms with van der Waals surface area (Å²) < 4.78 is 25.8. The van der Waals surface area contributed by atoms with Crippen molar-refractivity contribution in [2.24, 2.45) is 0 Å². The lowest BCUT2D eigenvalue weighted by Gasteiger charge is -2.40. The number of carbonyl (C=O) groups is 1. The van der Waals surface area contributed by atoms with Gasteiger partial charge in [0, 0.05) is 20.1 Å². The predicted molar refractivity (Wildman–Crippen MR) is 188 cm³/mol. The molecule has 3 atom stereocenters. The first-order valence-electron chi connectivity index (χ1n) is 16.3. The van der Waals surface area contributed by atoms with Crippen molar-refractivity contribution < 1.29 is 23.8 Å². The van der Waals surface area contributed by atoms with Crippen molar-refractivity contribution in [2.75, 3.05) is 13.6 Å². The minimum atomic E-state index is -1.38. The van der Waals surface area contributed by atoms with E-state index in [1.54, 1.807) is 23.8 Å². The third kappa shape index (κ3) is 11.8. The van der Waals surface area contributed by atoms with E-state index < -0.39 is 23.8 Å². The first kappa shape index (κ1) is 37.7. The maximum Gasteiger partial charge on any atom is 0.320 e.